The van der Waals surface area contributed by atoms with Crippen LogP contribution in [0.25, 0.3) is 15.9 Å². The summed E-state index contributed by atoms with van der Waals surface area (Å²) in [6.07, 6.45) is 2.14. The quantitative estimate of drug-likeness (QED) is 0.570. The lowest BCUT2D eigenvalue weighted by atomic mass is 10.2. The summed E-state index contributed by atoms with van der Waals surface area (Å²) in [7, 11) is 0. The van der Waals surface area contributed by atoms with E-state index in [1.807, 2.05) is 23.6 Å². The fraction of sp³-hybridized carbons (Fsp3) is 0.250. The predicted molar refractivity (Wildman–Crippen MR) is 112 cm³/mol. The third kappa shape index (κ3) is 3.14. The van der Waals surface area contributed by atoms with Gasteiger partial charge in [-0.05, 0) is 47.3 Å². The number of thiophene rings is 1. The van der Waals surface area contributed by atoms with E-state index in [4.69, 9.17) is 11.6 Å². The zero-order chi connectivity index (χ0) is 18.4. The molecule has 0 saturated carbocycles. The summed E-state index contributed by atoms with van der Waals surface area (Å²) in [5.41, 5.74) is 4.29. The van der Waals surface area contributed by atoms with E-state index in [0.717, 1.165) is 53.6 Å². The van der Waals surface area contributed by atoms with Gasteiger partial charge in [0.15, 0.2) is 0 Å². The first-order valence-electron chi connectivity index (χ1n) is 9.01. The van der Waals surface area contributed by atoms with E-state index in [9.17, 15) is 4.79 Å². The molecule has 3 aromatic heterocycles. The van der Waals surface area contributed by atoms with Gasteiger partial charge in [-0.2, -0.15) is 0 Å². The van der Waals surface area contributed by atoms with Crippen molar-refractivity contribution >= 4 is 44.5 Å². The highest BCUT2D eigenvalue weighted by Gasteiger charge is 2.18. The van der Waals surface area contributed by atoms with Gasteiger partial charge in [0.25, 0.3) is 5.56 Å². The molecule has 1 fully saturated rings. The minimum absolute atomic E-state index is 0.00581. The zero-order valence-corrected chi connectivity index (χ0v) is 16.3. The Labute approximate surface area is 165 Å². The van der Waals surface area contributed by atoms with E-state index in [-0.39, 0.29) is 5.56 Å². The summed E-state index contributed by atoms with van der Waals surface area (Å²) in [5.74, 6) is 0. The summed E-state index contributed by atoms with van der Waals surface area (Å²) in [6.45, 7) is 4.92. The molecule has 27 heavy (non-hydrogen) atoms. The summed E-state index contributed by atoms with van der Waals surface area (Å²) >= 11 is 7.47. The van der Waals surface area contributed by atoms with Crippen molar-refractivity contribution in [2.75, 3.05) is 31.1 Å². The van der Waals surface area contributed by atoms with E-state index in [1.54, 1.807) is 0 Å². The second-order valence-electron chi connectivity index (χ2n) is 6.93. The number of hydrogen-bond acceptors (Lipinski definition) is 4. The number of nitrogens with one attached hydrogen (secondary N) is 1. The van der Waals surface area contributed by atoms with Gasteiger partial charge >= 0.3 is 0 Å². The lowest BCUT2D eigenvalue weighted by molar-refractivity contribution is 0.250. The molecular weight excluding hydrogens is 380 g/mol. The van der Waals surface area contributed by atoms with Gasteiger partial charge in [-0.25, -0.2) is 0 Å². The van der Waals surface area contributed by atoms with Gasteiger partial charge in [-0.3, -0.25) is 9.69 Å². The molecule has 0 atom stereocenters. The van der Waals surface area contributed by atoms with Crippen LogP contribution in [0.3, 0.4) is 0 Å². The molecule has 0 aliphatic carbocycles. The fourth-order valence-electron chi connectivity index (χ4n) is 3.81. The van der Waals surface area contributed by atoms with Crippen LogP contribution in [0.1, 0.15) is 5.56 Å². The average molecular weight is 399 g/mol. The lowest BCUT2D eigenvalue weighted by Crippen LogP contribution is -2.45. The summed E-state index contributed by atoms with van der Waals surface area (Å²) < 4.78 is 2.87. The van der Waals surface area contributed by atoms with Crippen molar-refractivity contribution in [3.63, 3.8) is 0 Å². The number of rotatable bonds is 3. The number of fused-ring (bicyclic) bond motifs is 3. The smallest absolute Gasteiger partial charge is 0.269 e. The minimum atomic E-state index is -0.00581. The van der Waals surface area contributed by atoms with Crippen LogP contribution in [0.2, 0.25) is 5.02 Å². The third-order valence-corrected chi connectivity index (χ3v) is 6.35. The highest BCUT2D eigenvalue weighted by molar-refractivity contribution is 7.17. The third-order valence-electron chi connectivity index (χ3n) is 5.20. The number of piperazine rings is 1. The number of nitrogens with zero attached hydrogens (tertiary/aromatic N) is 3. The maximum absolute atomic E-state index is 12.2. The van der Waals surface area contributed by atoms with Crippen molar-refractivity contribution in [1.82, 2.24) is 14.3 Å². The molecule has 138 valence electrons. The number of benzene rings is 1. The monoisotopic (exact) mass is 398 g/mol. The normalized spacial score (nSPS) is 15.8. The van der Waals surface area contributed by atoms with Crippen molar-refractivity contribution in [1.29, 1.82) is 0 Å². The van der Waals surface area contributed by atoms with Crippen LogP contribution < -0.4 is 10.5 Å². The molecule has 0 spiro atoms. The van der Waals surface area contributed by atoms with Gasteiger partial charge in [0.05, 0.1) is 5.52 Å². The molecule has 1 N–H and O–H groups in total. The molecule has 4 heterocycles. The predicted octanol–water partition coefficient (Wildman–Crippen LogP) is 3.82. The minimum Gasteiger partial charge on any atom is -0.369 e. The lowest BCUT2D eigenvalue weighted by Gasteiger charge is -2.36. The van der Waals surface area contributed by atoms with Gasteiger partial charge in [-0.1, -0.05) is 11.6 Å². The molecule has 1 aliphatic rings. The number of aromatic nitrogens is 2. The van der Waals surface area contributed by atoms with Crippen LogP contribution in [-0.4, -0.2) is 40.5 Å². The maximum Gasteiger partial charge on any atom is 0.269 e. The largest absolute Gasteiger partial charge is 0.369 e. The van der Waals surface area contributed by atoms with E-state index in [2.05, 4.69) is 43.6 Å². The van der Waals surface area contributed by atoms with Crippen molar-refractivity contribution in [3.05, 3.63) is 68.9 Å². The standard InChI is InChI=1S/C20H19ClN4OS/c21-15-1-3-16(4-2-15)24-8-6-23(7-9-24)12-14-11-18-22-20(26)19-17(5-10-27-19)25(18)13-14/h1-5,10-11,13H,6-9,12H2,(H,22,26). The summed E-state index contributed by atoms with van der Waals surface area (Å²) in [6, 6.07) is 12.2. The molecule has 0 unspecified atom stereocenters. The maximum atomic E-state index is 12.2. The zero-order valence-electron chi connectivity index (χ0n) is 14.7. The number of halogens is 1. The second-order valence-corrected chi connectivity index (χ2v) is 8.28. The summed E-state index contributed by atoms with van der Waals surface area (Å²) in [4.78, 5) is 20.0. The molecule has 1 aliphatic heterocycles. The average Bonchev–Trinajstić information content (AvgIpc) is 3.30. The first kappa shape index (κ1) is 16.9. The first-order chi connectivity index (χ1) is 13.2. The molecule has 4 aromatic rings. The highest BCUT2D eigenvalue weighted by atomic mass is 35.5. The highest BCUT2D eigenvalue weighted by Crippen LogP contribution is 2.22. The van der Waals surface area contributed by atoms with Crippen LogP contribution in [-0.2, 0) is 6.54 Å². The molecular formula is C20H19ClN4OS. The van der Waals surface area contributed by atoms with Crippen molar-refractivity contribution < 1.29 is 0 Å². The van der Waals surface area contributed by atoms with Crippen molar-refractivity contribution in [3.8, 4) is 0 Å². The molecule has 0 amide bonds. The first-order valence-corrected chi connectivity index (χ1v) is 10.3. The van der Waals surface area contributed by atoms with Gasteiger partial charge in [0.1, 0.15) is 10.3 Å². The van der Waals surface area contributed by atoms with Gasteiger partial charge in [0, 0.05) is 49.6 Å². The van der Waals surface area contributed by atoms with Crippen LogP contribution in [0.15, 0.2) is 52.8 Å². The molecule has 5 nitrogen and oxygen atoms in total. The Morgan fingerprint density at radius 3 is 2.63 bits per heavy atom. The van der Waals surface area contributed by atoms with E-state index >= 15 is 0 Å². The van der Waals surface area contributed by atoms with E-state index < -0.39 is 0 Å². The number of hydrogen-bond donors (Lipinski definition) is 1. The Bertz CT molecular complexity index is 1150. The Morgan fingerprint density at radius 1 is 1.07 bits per heavy atom. The number of anilines is 1. The number of aromatic amines is 1. The van der Waals surface area contributed by atoms with Gasteiger partial charge in [0.2, 0.25) is 0 Å². The molecule has 0 bridgehead atoms. The Balaban J connectivity index is 1.31. The summed E-state index contributed by atoms with van der Waals surface area (Å²) in [5, 5.41) is 2.74. The van der Waals surface area contributed by atoms with Crippen LogP contribution in [0.5, 0.6) is 0 Å². The molecule has 1 aromatic carbocycles. The van der Waals surface area contributed by atoms with Crippen LogP contribution in [0.4, 0.5) is 5.69 Å². The Kier molecular flexibility index (Phi) is 4.19. The van der Waals surface area contributed by atoms with Crippen LogP contribution in [0, 0.1) is 0 Å². The van der Waals surface area contributed by atoms with Crippen molar-refractivity contribution in [2.24, 2.45) is 0 Å². The van der Waals surface area contributed by atoms with Crippen molar-refractivity contribution in [2.45, 2.75) is 6.54 Å². The SMILES string of the molecule is O=c1[nH]c2cc(CN3CCN(c4ccc(Cl)cc4)CC3)cn2c2ccsc12. The molecule has 1 saturated heterocycles. The second kappa shape index (κ2) is 6.71. The topological polar surface area (TPSA) is 43.8 Å². The fourth-order valence-corrected chi connectivity index (χ4v) is 4.71. The van der Waals surface area contributed by atoms with Gasteiger partial charge in [-0.15, -0.1) is 11.3 Å². The Morgan fingerprint density at radius 2 is 1.85 bits per heavy atom. The molecule has 0 radical (unpaired) electrons. The number of H-pyrrole nitrogens is 1. The van der Waals surface area contributed by atoms with Gasteiger partial charge < -0.3 is 14.3 Å². The molecule has 5 rings (SSSR count). The van der Waals surface area contributed by atoms with E-state index in [0.29, 0.717) is 0 Å². The van der Waals surface area contributed by atoms with Crippen LogP contribution >= 0.6 is 22.9 Å². The Hall–Kier alpha value is -2.28. The molecule has 7 heteroatoms. The van der Waals surface area contributed by atoms with E-state index in [1.165, 1.54) is 22.6 Å².